The van der Waals surface area contributed by atoms with Gasteiger partial charge in [0.1, 0.15) is 9.84 Å². The van der Waals surface area contributed by atoms with Gasteiger partial charge in [-0.2, -0.15) is 0 Å². The summed E-state index contributed by atoms with van der Waals surface area (Å²) in [6.45, 7) is 3.36. The van der Waals surface area contributed by atoms with E-state index in [0.29, 0.717) is 12.0 Å². The highest BCUT2D eigenvalue weighted by molar-refractivity contribution is 7.91. The van der Waals surface area contributed by atoms with Gasteiger partial charge in [0.2, 0.25) is 0 Å². The molecule has 6 nitrogen and oxygen atoms in total. The second-order valence-electron chi connectivity index (χ2n) is 4.12. The van der Waals surface area contributed by atoms with Crippen LogP contribution >= 0.6 is 0 Å². The van der Waals surface area contributed by atoms with Gasteiger partial charge in [-0.15, -0.1) is 0 Å². The lowest BCUT2D eigenvalue weighted by Crippen LogP contribution is -2.12. The summed E-state index contributed by atoms with van der Waals surface area (Å²) in [5, 5.41) is 10.9. The van der Waals surface area contributed by atoms with Crippen LogP contribution in [0.2, 0.25) is 0 Å². The lowest BCUT2D eigenvalue weighted by atomic mass is 10.2. The van der Waals surface area contributed by atoms with Gasteiger partial charge in [0.25, 0.3) is 0 Å². The molecule has 0 N–H and O–H groups in total. The van der Waals surface area contributed by atoms with Crippen LogP contribution in [0.15, 0.2) is 18.2 Å². The second-order valence-corrected chi connectivity index (χ2v) is 6.59. The summed E-state index contributed by atoms with van der Waals surface area (Å²) in [6, 6.07) is 4.81. The Bertz CT molecular complexity index is 553. The Kier molecular flexibility index (Phi) is 5.29. The van der Waals surface area contributed by atoms with E-state index >= 15 is 0 Å². The number of ether oxygens (including phenoxy) is 1. The Morgan fingerprint density at radius 2 is 2.05 bits per heavy atom. The van der Waals surface area contributed by atoms with Crippen LogP contribution in [-0.2, 0) is 9.84 Å². The first kappa shape index (κ1) is 15.4. The third-order valence-corrected chi connectivity index (χ3v) is 4.47. The number of nitro groups is 1. The molecule has 0 aromatic heterocycles. The van der Waals surface area contributed by atoms with Crippen LogP contribution in [0.25, 0.3) is 0 Å². The molecule has 0 atom stereocenters. The maximum Gasteiger partial charge on any atom is 0.313 e. The van der Waals surface area contributed by atoms with Crippen molar-refractivity contribution in [1.82, 2.24) is 0 Å². The lowest BCUT2D eigenvalue weighted by Gasteiger charge is -2.08. The van der Waals surface area contributed by atoms with Gasteiger partial charge in [0, 0.05) is 11.3 Å². The summed E-state index contributed by atoms with van der Waals surface area (Å²) in [5.74, 6) is 0.305. The van der Waals surface area contributed by atoms with Gasteiger partial charge in [-0.1, -0.05) is 19.1 Å². The third-order valence-electron chi connectivity index (χ3n) is 2.68. The first-order valence-corrected chi connectivity index (χ1v) is 7.76. The van der Waals surface area contributed by atoms with Crippen molar-refractivity contribution in [2.75, 3.05) is 18.1 Å². The Morgan fingerprint density at radius 3 is 2.63 bits per heavy atom. The number of sulfone groups is 1. The fourth-order valence-electron chi connectivity index (χ4n) is 1.59. The highest BCUT2D eigenvalue weighted by Crippen LogP contribution is 2.30. The number of hydrogen-bond acceptors (Lipinski definition) is 5. The molecule has 1 aromatic rings. The van der Waals surface area contributed by atoms with Crippen LogP contribution in [0.5, 0.6) is 5.75 Å². The molecule has 1 rings (SSSR count). The molecule has 106 valence electrons. The SMILES string of the molecule is CCS(=O)(=O)CCCOc1cccc(C)c1[N+](=O)[O-]. The van der Waals surface area contributed by atoms with E-state index in [2.05, 4.69) is 0 Å². The first-order valence-electron chi connectivity index (χ1n) is 5.94. The van der Waals surface area contributed by atoms with E-state index < -0.39 is 14.8 Å². The zero-order chi connectivity index (χ0) is 14.5. The van der Waals surface area contributed by atoms with Crippen LogP contribution in [0.4, 0.5) is 5.69 Å². The van der Waals surface area contributed by atoms with E-state index in [-0.39, 0.29) is 29.5 Å². The summed E-state index contributed by atoms with van der Waals surface area (Å²) < 4.78 is 27.9. The van der Waals surface area contributed by atoms with Crippen molar-refractivity contribution < 1.29 is 18.1 Å². The van der Waals surface area contributed by atoms with E-state index in [1.54, 1.807) is 26.0 Å². The summed E-state index contributed by atoms with van der Waals surface area (Å²) in [6.07, 6.45) is 0.321. The third kappa shape index (κ3) is 4.51. The average Bonchev–Trinajstić information content (AvgIpc) is 2.34. The van der Waals surface area contributed by atoms with Crippen LogP contribution in [0.1, 0.15) is 18.9 Å². The Balaban J connectivity index is 2.64. The first-order chi connectivity index (χ1) is 8.87. The molecule has 0 aliphatic rings. The van der Waals surface area contributed by atoms with E-state index in [4.69, 9.17) is 4.74 Å². The summed E-state index contributed by atoms with van der Waals surface area (Å²) in [4.78, 5) is 10.4. The molecule has 0 saturated carbocycles. The fourth-order valence-corrected chi connectivity index (χ4v) is 2.43. The van der Waals surface area contributed by atoms with Crippen molar-refractivity contribution in [3.63, 3.8) is 0 Å². The number of hydrogen-bond donors (Lipinski definition) is 0. The largest absolute Gasteiger partial charge is 0.487 e. The number of para-hydroxylation sites is 1. The minimum Gasteiger partial charge on any atom is -0.487 e. The molecular weight excluding hydrogens is 270 g/mol. The molecule has 0 bridgehead atoms. The van der Waals surface area contributed by atoms with Crippen molar-refractivity contribution in [3.05, 3.63) is 33.9 Å². The molecule has 1 aromatic carbocycles. The Morgan fingerprint density at radius 1 is 1.37 bits per heavy atom. The van der Waals surface area contributed by atoms with Gasteiger partial charge < -0.3 is 4.74 Å². The molecule has 0 aliphatic heterocycles. The Labute approximate surface area is 112 Å². The molecule has 0 radical (unpaired) electrons. The van der Waals surface area contributed by atoms with Crippen molar-refractivity contribution in [1.29, 1.82) is 0 Å². The number of benzene rings is 1. The lowest BCUT2D eigenvalue weighted by molar-refractivity contribution is -0.386. The highest BCUT2D eigenvalue weighted by Gasteiger charge is 2.18. The van der Waals surface area contributed by atoms with Gasteiger partial charge in [0.05, 0.1) is 17.3 Å². The second kappa shape index (κ2) is 6.51. The van der Waals surface area contributed by atoms with E-state index in [1.165, 1.54) is 6.07 Å². The fraction of sp³-hybridized carbons (Fsp3) is 0.500. The Hall–Kier alpha value is -1.63. The van der Waals surface area contributed by atoms with Gasteiger partial charge in [-0.25, -0.2) is 8.42 Å². The summed E-state index contributed by atoms with van der Waals surface area (Å²) in [7, 11) is -3.02. The van der Waals surface area contributed by atoms with Crippen LogP contribution < -0.4 is 4.74 Å². The molecule has 0 spiro atoms. The zero-order valence-electron chi connectivity index (χ0n) is 11.0. The molecular formula is C12H17NO5S. The topological polar surface area (TPSA) is 86.5 Å². The minimum absolute atomic E-state index is 0.0309. The van der Waals surface area contributed by atoms with Crippen molar-refractivity contribution in [3.8, 4) is 5.75 Å². The predicted molar refractivity (Wildman–Crippen MR) is 72.3 cm³/mol. The molecule has 0 amide bonds. The van der Waals surface area contributed by atoms with Crippen LogP contribution in [0.3, 0.4) is 0 Å². The highest BCUT2D eigenvalue weighted by atomic mass is 32.2. The predicted octanol–water partition coefficient (Wildman–Crippen LogP) is 2.11. The minimum atomic E-state index is -3.02. The van der Waals surface area contributed by atoms with Crippen molar-refractivity contribution >= 4 is 15.5 Å². The molecule has 0 saturated heterocycles. The maximum absolute atomic E-state index is 11.3. The number of rotatable bonds is 7. The molecule has 0 aliphatic carbocycles. The number of nitro benzene ring substituents is 1. The van der Waals surface area contributed by atoms with Gasteiger partial charge in [-0.3, -0.25) is 10.1 Å². The van der Waals surface area contributed by atoms with E-state index in [9.17, 15) is 18.5 Å². The standard InChI is InChI=1S/C12H17NO5S/c1-3-19(16,17)9-5-8-18-11-7-4-6-10(2)12(11)13(14)15/h4,6-7H,3,5,8-9H2,1-2H3. The molecule has 7 heteroatoms. The number of aryl methyl sites for hydroxylation is 1. The average molecular weight is 287 g/mol. The van der Waals surface area contributed by atoms with Crippen LogP contribution in [-0.4, -0.2) is 31.5 Å². The smallest absolute Gasteiger partial charge is 0.313 e. The summed E-state index contributed by atoms with van der Waals surface area (Å²) in [5.41, 5.74) is 0.449. The van der Waals surface area contributed by atoms with E-state index in [0.717, 1.165) is 0 Å². The molecule has 0 heterocycles. The maximum atomic E-state index is 11.3. The van der Waals surface area contributed by atoms with E-state index in [1.807, 2.05) is 0 Å². The monoisotopic (exact) mass is 287 g/mol. The molecule has 19 heavy (non-hydrogen) atoms. The number of nitrogens with zero attached hydrogens (tertiary/aromatic N) is 1. The quantitative estimate of drug-likeness (QED) is 0.435. The normalized spacial score (nSPS) is 11.3. The van der Waals surface area contributed by atoms with Crippen LogP contribution in [0, 0.1) is 17.0 Å². The van der Waals surface area contributed by atoms with Gasteiger partial charge in [-0.05, 0) is 19.4 Å². The zero-order valence-corrected chi connectivity index (χ0v) is 11.8. The van der Waals surface area contributed by atoms with Gasteiger partial charge >= 0.3 is 5.69 Å². The molecule has 0 fully saturated rings. The van der Waals surface area contributed by atoms with Crippen molar-refractivity contribution in [2.45, 2.75) is 20.3 Å². The van der Waals surface area contributed by atoms with Crippen molar-refractivity contribution in [2.24, 2.45) is 0 Å². The molecule has 0 unspecified atom stereocenters. The van der Waals surface area contributed by atoms with Gasteiger partial charge in [0.15, 0.2) is 5.75 Å². The summed E-state index contributed by atoms with van der Waals surface area (Å²) >= 11 is 0.